The van der Waals surface area contributed by atoms with E-state index in [1.54, 1.807) is 48.5 Å². The molecule has 6 nitrogen and oxygen atoms in total. The fraction of sp³-hybridized carbons (Fsp3) is 0. The van der Waals surface area contributed by atoms with E-state index < -0.39 is 0 Å². The highest BCUT2D eigenvalue weighted by Crippen LogP contribution is 2.15. The Kier molecular flexibility index (Phi) is 3.85. The van der Waals surface area contributed by atoms with Crippen molar-refractivity contribution in [2.75, 3.05) is 11.1 Å². The van der Waals surface area contributed by atoms with Crippen LogP contribution >= 0.6 is 0 Å². The van der Waals surface area contributed by atoms with Gasteiger partial charge in [0.2, 0.25) is 0 Å². The molecule has 0 bridgehead atoms. The Morgan fingerprint density at radius 3 is 2.35 bits per heavy atom. The number of para-hydroxylation sites is 1. The number of nitrogens with one attached hydrogen (secondary N) is 1. The van der Waals surface area contributed by atoms with E-state index in [1.807, 2.05) is 0 Å². The van der Waals surface area contributed by atoms with Gasteiger partial charge >= 0.3 is 0 Å². The molecule has 0 aromatic heterocycles. The lowest BCUT2D eigenvalue weighted by Gasteiger charge is -2.08. The van der Waals surface area contributed by atoms with E-state index in [2.05, 4.69) is 10.5 Å². The van der Waals surface area contributed by atoms with E-state index in [-0.39, 0.29) is 11.7 Å². The average molecular weight is 270 g/mol. The minimum atomic E-state index is -0.292. The zero-order valence-electron chi connectivity index (χ0n) is 10.6. The Morgan fingerprint density at radius 1 is 1.10 bits per heavy atom. The fourth-order valence-corrected chi connectivity index (χ4v) is 1.68. The summed E-state index contributed by atoms with van der Waals surface area (Å²) in [5.74, 6) is -0.283. The van der Waals surface area contributed by atoms with Crippen molar-refractivity contribution < 1.29 is 10.0 Å². The van der Waals surface area contributed by atoms with E-state index >= 15 is 0 Å². The molecule has 6 heteroatoms. The highest BCUT2D eigenvalue weighted by molar-refractivity contribution is 6.07. The summed E-state index contributed by atoms with van der Waals surface area (Å²) >= 11 is 0. The molecule has 0 spiro atoms. The first-order valence-electron chi connectivity index (χ1n) is 5.85. The molecule has 0 saturated carbocycles. The summed E-state index contributed by atoms with van der Waals surface area (Å²) < 4.78 is 0. The molecule has 0 unspecified atom stereocenters. The molecule has 0 aliphatic rings. The zero-order valence-corrected chi connectivity index (χ0v) is 10.6. The second-order valence-electron chi connectivity index (χ2n) is 4.10. The number of hydrogen-bond acceptors (Lipinski definition) is 4. The predicted octanol–water partition coefficient (Wildman–Crippen LogP) is 1.62. The van der Waals surface area contributed by atoms with Gasteiger partial charge in [0, 0.05) is 16.9 Å². The van der Waals surface area contributed by atoms with Crippen LogP contribution in [0.2, 0.25) is 0 Å². The Morgan fingerprint density at radius 2 is 1.75 bits per heavy atom. The smallest absolute Gasteiger partial charge is 0.257 e. The van der Waals surface area contributed by atoms with E-state index in [0.29, 0.717) is 22.5 Å². The number of rotatable bonds is 3. The van der Waals surface area contributed by atoms with Crippen molar-refractivity contribution in [1.29, 1.82) is 0 Å². The third kappa shape index (κ3) is 2.86. The van der Waals surface area contributed by atoms with Gasteiger partial charge in [-0.05, 0) is 36.4 Å². The van der Waals surface area contributed by atoms with Crippen LogP contribution < -0.4 is 16.8 Å². The lowest BCUT2D eigenvalue weighted by atomic mass is 10.1. The number of anilines is 2. The average Bonchev–Trinajstić information content (AvgIpc) is 2.47. The van der Waals surface area contributed by atoms with E-state index in [1.165, 1.54) is 0 Å². The first-order chi connectivity index (χ1) is 9.61. The number of carbonyl (C=O) groups excluding carboxylic acids is 1. The first-order valence-corrected chi connectivity index (χ1v) is 5.85. The number of amides is 1. The molecule has 0 heterocycles. The second-order valence-corrected chi connectivity index (χ2v) is 4.10. The monoisotopic (exact) mass is 270 g/mol. The van der Waals surface area contributed by atoms with Crippen LogP contribution in [-0.2, 0) is 0 Å². The summed E-state index contributed by atoms with van der Waals surface area (Å²) in [5, 5.41) is 14.2. The number of hydrogen-bond donors (Lipinski definition) is 4. The second kappa shape index (κ2) is 5.75. The Labute approximate surface area is 115 Å². The molecule has 2 rings (SSSR count). The SMILES string of the molecule is NC(=NO)c1ccc(NC(=O)c2ccccc2N)cc1. The Hall–Kier alpha value is -3.02. The normalized spacial score (nSPS) is 11.1. The summed E-state index contributed by atoms with van der Waals surface area (Å²) in [6.07, 6.45) is 0. The summed E-state index contributed by atoms with van der Waals surface area (Å²) in [6, 6.07) is 13.4. The molecular weight excluding hydrogens is 256 g/mol. The molecule has 0 aliphatic heterocycles. The third-order valence-corrected chi connectivity index (χ3v) is 2.75. The summed E-state index contributed by atoms with van der Waals surface area (Å²) in [6.45, 7) is 0. The quantitative estimate of drug-likeness (QED) is 0.223. The van der Waals surface area contributed by atoms with Crippen LogP contribution in [0.1, 0.15) is 15.9 Å². The maximum atomic E-state index is 12.0. The summed E-state index contributed by atoms with van der Waals surface area (Å²) in [5.41, 5.74) is 13.2. The molecule has 20 heavy (non-hydrogen) atoms. The molecule has 1 amide bonds. The number of nitrogen functional groups attached to an aromatic ring is 1. The van der Waals surface area contributed by atoms with Gasteiger partial charge in [-0.1, -0.05) is 17.3 Å². The maximum Gasteiger partial charge on any atom is 0.257 e. The van der Waals surface area contributed by atoms with Gasteiger partial charge in [0.1, 0.15) is 0 Å². The highest BCUT2D eigenvalue weighted by Gasteiger charge is 2.09. The van der Waals surface area contributed by atoms with E-state index in [4.69, 9.17) is 16.7 Å². The molecule has 2 aromatic carbocycles. The van der Waals surface area contributed by atoms with Gasteiger partial charge < -0.3 is 22.0 Å². The number of nitrogens with zero attached hydrogens (tertiary/aromatic N) is 1. The van der Waals surface area contributed by atoms with Crippen LogP contribution in [-0.4, -0.2) is 17.0 Å². The van der Waals surface area contributed by atoms with Crippen LogP contribution in [0.25, 0.3) is 0 Å². The van der Waals surface area contributed by atoms with Gasteiger partial charge in [0.25, 0.3) is 5.91 Å². The van der Waals surface area contributed by atoms with Crippen LogP contribution in [0.4, 0.5) is 11.4 Å². The molecule has 2 aromatic rings. The zero-order chi connectivity index (χ0) is 14.5. The van der Waals surface area contributed by atoms with E-state index in [0.717, 1.165) is 0 Å². The minimum Gasteiger partial charge on any atom is -0.409 e. The number of nitrogens with two attached hydrogens (primary N) is 2. The molecular formula is C14H14N4O2. The Bertz CT molecular complexity index is 650. The van der Waals surface area contributed by atoms with Crippen LogP contribution in [0.5, 0.6) is 0 Å². The van der Waals surface area contributed by atoms with Crippen molar-refractivity contribution in [3.63, 3.8) is 0 Å². The molecule has 0 saturated heterocycles. The lowest BCUT2D eigenvalue weighted by molar-refractivity contribution is 0.102. The number of benzene rings is 2. The first kappa shape index (κ1) is 13.4. The Balaban J connectivity index is 2.15. The molecule has 0 radical (unpaired) electrons. The molecule has 6 N–H and O–H groups in total. The molecule has 0 fully saturated rings. The maximum absolute atomic E-state index is 12.0. The molecule has 0 atom stereocenters. The molecule has 0 aliphatic carbocycles. The van der Waals surface area contributed by atoms with Crippen molar-refractivity contribution in [1.82, 2.24) is 0 Å². The van der Waals surface area contributed by atoms with Crippen molar-refractivity contribution >= 4 is 23.1 Å². The number of carbonyl (C=O) groups is 1. The van der Waals surface area contributed by atoms with Gasteiger partial charge in [0.05, 0.1) is 5.56 Å². The highest BCUT2D eigenvalue weighted by atomic mass is 16.4. The largest absolute Gasteiger partial charge is 0.409 e. The topological polar surface area (TPSA) is 114 Å². The van der Waals surface area contributed by atoms with Gasteiger partial charge in [-0.25, -0.2) is 0 Å². The predicted molar refractivity (Wildman–Crippen MR) is 77.8 cm³/mol. The van der Waals surface area contributed by atoms with Crippen LogP contribution in [0.3, 0.4) is 0 Å². The van der Waals surface area contributed by atoms with Gasteiger partial charge in [-0.3, -0.25) is 4.79 Å². The van der Waals surface area contributed by atoms with Gasteiger partial charge in [0.15, 0.2) is 5.84 Å². The minimum absolute atomic E-state index is 0.00943. The lowest BCUT2D eigenvalue weighted by Crippen LogP contribution is -2.15. The molecule has 102 valence electrons. The van der Waals surface area contributed by atoms with Crippen LogP contribution in [0.15, 0.2) is 53.7 Å². The van der Waals surface area contributed by atoms with Gasteiger partial charge in [-0.2, -0.15) is 0 Å². The standard InChI is InChI=1S/C14H14N4O2/c15-12-4-2-1-3-11(12)14(19)17-10-7-5-9(6-8-10)13(16)18-20/h1-8,20H,15H2,(H2,16,18)(H,17,19). The van der Waals surface area contributed by atoms with Crippen LogP contribution in [0, 0.1) is 0 Å². The van der Waals surface area contributed by atoms with Gasteiger partial charge in [-0.15, -0.1) is 0 Å². The summed E-state index contributed by atoms with van der Waals surface area (Å²) in [4.78, 5) is 12.0. The van der Waals surface area contributed by atoms with Crippen molar-refractivity contribution in [3.05, 3.63) is 59.7 Å². The number of amidine groups is 1. The third-order valence-electron chi connectivity index (χ3n) is 2.75. The number of oxime groups is 1. The van der Waals surface area contributed by atoms with Crippen molar-refractivity contribution in [2.24, 2.45) is 10.9 Å². The fourth-order valence-electron chi connectivity index (χ4n) is 1.68. The van der Waals surface area contributed by atoms with Crippen molar-refractivity contribution in [3.8, 4) is 0 Å². The summed E-state index contributed by atoms with van der Waals surface area (Å²) in [7, 11) is 0. The van der Waals surface area contributed by atoms with Crippen molar-refractivity contribution in [2.45, 2.75) is 0 Å². The van der Waals surface area contributed by atoms with E-state index in [9.17, 15) is 4.79 Å².